The molecular weight excluding hydrogens is 356 g/mol. The molecule has 0 atom stereocenters. The van der Waals surface area contributed by atoms with Gasteiger partial charge >= 0.3 is 0 Å². The molecule has 0 unspecified atom stereocenters. The van der Waals surface area contributed by atoms with Gasteiger partial charge < -0.3 is 19.9 Å². The van der Waals surface area contributed by atoms with Gasteiger partial charge in [-0.05, 0) is 61.1 Å². The number of aryl methyl sites for hydroxylation is 1. The lowest BCUT2D eigenvalue weighted by Gasteiger charge is -2.12. The maximum absolute atomic E-state index is 5.46. The summed E-state index contributed by atoms with van der Waals surface area (Å²) in [5.74, 6) is 1.76. The molecule has 0 aliphatic carbocycles. The summed E-state index contributed by atoms with van der Waals surface area (Å²) >= 11 is 5.37. The molecule has 6 heteroatoms. The minimum atomic E-state index is 0.492. The summed E-state index contributed by atoms with van der Waals surface area (Å²) in [6, 6.07) is 15.9. The number of benzene rings is 2. The van der Waals surface area contributed by atoms with E-state index in [0.29, 0.717) is 18.3 Å². The zero-order chi connectivity index (χ0) is 19.1. The van der Waals surface area contributed by atoms with E-state index >= 15 is 0 Å². The first-order valence-corrected chi connectivity index (χ1v) is 9.04. The van der Waals surface area contributed by atoms with Crippen LogP contribution in [0.1, 0.15) is 11.4 Å². The van der Waals surface area contributed by atoms with E-state index in [0.717, 1.165) is 28.5 Å². The Morgan fingerprint density at radius 2 is 1.93 bits per heavy atom. The molecule has 5 nitrogen and oxygen atoms in total. The quantitative estimate of drug-likeness (QED) is 0.476. The number of ether oxygens (including phenoxy) is 1. The second-order valence-corrected chi connectivity index (χ2v) is 6.35. The lowest BCUT2D eigenvalue weighted by Crippen LogP contribution is -2.27. The molecule has 0 aliphatic heterocycles. The van der Waals surface area contributed by atoms with Crippen LogP contribution in [0, 0.1) is 6.92 Å². The van der Waals surface area contributed by atoms with Crippen LogP contribution in [0.25, 0.3) is 5.69 Å². The van der Waals surface area contributed by atoms with Gasteiger partial charge in [-0.2, -0.15) is 0 Å². The third-order valence-corrected chi connectivity index (χ3v) is 4.22. The molecule has 0 amide bonds. The first-order valence-electron chi connectivity index (χ1n) is 8.63. The third kappa shape index (κ3) is 5.18. The zero-order valence-electron chi connectivity index (χ0n) is 15.2. The van der Waals surface area contributed by atoms with Gasteiger partial charge in [-0.1, -0.05) is 24.8 Å². The summed E-state index contributed by atoms with van der Waals surface area (Å²) in [6.45, 7) is 6.76. The molecule has 3 aromatic rings. The number of hydrogen-bond donors (Lipinski definition) is 2. The second-order valence-electron chi connectivity index (χ2n) is 5.94. The van der Waals surface area contributed by atoms with Gasteiger partial charge in [0, 0.05) is 30.3 Å². The normalized spacial score (nSPS) is 10.3. The van der Waals surface area contributed by atoms with E-state index in [-0.39, 0.29) is 0 Å². The fourth-order valence-corrected chi connectivity index (χ4v) is 2.76. The molecule has 0 saturated heterocycles. The first kappa shape index (κ1) is 18.7. The lowest BCUT2D eigenvalue weighted by atomic mass is 10.2. The Balaban J connectivity index is 1.50. The second kappa shape index (κ2) is 9.00. The minimum Gasteiger partial charge on any atom is -0.490 e. The fraction of sp³-hybridized carbons (Fsp3) is 0.143. The van der Waals surface area contributed by atoms with Crippen LogP contribution >= 0.6 is 12.2 Å². The predicted molar refractivity (Wildman–Crippen MR) is 113 cm³/mol. The predicted octanol–water partition coefficient (Wildman–Crippen LogP) is 4.23. The van der Waals surface area contributed by atoms with Crippen LogP contribution in [0.2, 0.25) is 0 Å². The van der Waals surface area contributed by atoms with Crippen molar-refractivity contribution in [2.45, 2.75) is 13.5 Å². The number of anilines is 1. The molecule has 2 N–H and O–H groups in total. The highest BCUT2D eigenvalue weighted by Crippen LogP contribution is 2.16. The summed E-state index contributed by atoms with van der Waals surface area (Å²) in [4.78, 5) is 4.25. The van der Waals surface area contributed by atoms with Crippen LogP contribution in [0.3, 0.4) is 0 Å². The largest absolute Gasteiger partial charge is 0.490 e. The van der Waals surface area contributed by atoms with Crippen LogP contribution in [-0.2, 0) is 6.54 Å². The Morgan fingerprint density at radius 1 is 1.19 bits per heavy atom. The molecule has 0 spiro atoms. The van der Waals surface area contributed by atoms with Crippen LogP contribution in [-0.4, -0.2) is 21.3 Å². The number of rotatable bonds is 7. The average molecular weight is 379 g/mol. The number of thiocarbonyl (C=S) groups is 1. The summed E-state index contributed by atoms with van der Waals surface area (Å²) in [7, 11) is 0. The molecule has 138 valence electrons. The summed E-state index contributed by atoms with van der Waals surface area (Å²) in [5, 5.41) is 6.96. The van der Waals surface area contributed by atoms with Crippen LogP contribution in [0.5, 0.6) is 5.75 Å². The number of aromatic nitrogens is 2. The Hall–Kier alpha value is -3.12. The monoisotopic (exact) mass is 378 g/mol. The molecule has 1 heterocycles. The molecule has 1 aromatic heterocycles. The minimum absolute atomic E-state index is 0.492. The third-order valence-electron chi connectivity index (χ3n) is 3.97. The van der Waals surface area contributed by atoms with Crippen molar-refractivity contribution in [3.63, 3.8) is 0 Å². The van der Waals surface area contributed by atoms with Gasteiger partial charge in [-0.25, -0.2) is 4.98 Å². The van der Waals surface area contributed by atoms with Crippen molar-refractivity contribution < 1.29 is 4.74 Å². The lowest BCUT2D eigenvalue weighted by molar-refractivity contribution is 0.363. The van der Waals surface area contributed by atoms with Crippen molar-refractivity contribution in [3.8, 4) is 11.4 Å². The van der Waals surface area contributed by atoms with Gasteiger partial charge in [-0.3, -0.25) is 0 Å². The van der Waals surface area contributed by atoms with Crippen molar-refractivity contribution in [3.05, 3.63) is 85.0 Å². The smallest absolute Gasteiger partial charge is 0.171 e. The molecule has 2 aromatic carbocycles. The maximum atomic E-state index is 5.46. The van der Waals surface area contributed by atoms with Crippen molar-refractivity contribution >= 4 is 23.0 Å². The highest BCUT2D eigenvalue weighted by Gasteiger charge is 2.02. The molecule has 0 aliphatic rings. The van der Waals surface area contributed by atoms with Crippen molar-refractivity contribution in [1.82, 2.24) is 14.9 Å². The van der Waals surface area contributed by atoms with E-state index in [1.807, 2.05) is 42.0 Å². The van der Waals surface area contributed by atoms with Gasteiger partial charge in [0.25, 0.3) is 0 Å². The number of nitrogens with one attached hydrogen (secondary N) is 2. The summed E-state index contributed by atoms with van der Waals surface area (Å²) in [5.41, 5.74) is 3.14. The van der Waals surface area contributed by atoms with Gasteiger partial charge in [0.05, 0.1) is 0 Å². The van der Waals surface area contributed by atoms with Crippen LogP contribution in [0.4, 0.5) is 5.69 Å². The Kier molecular flexibility index (Phi) is 6.22. The van der Waals surface area contributed by atoms with Gasteiger partial charge in [0.1, 0.15) is 18.2 Å². The van der Waals surface area contributed by atoms with Gasteiger partial charge in [-0.15, -0.1) is 0 Å². The van der Waals surface area contributed by atoms with E-state index < -0.39 is 0 Å². The average Bonchev–Trinajstić information content (AvgIpc) is 3.12. The summed E-state index contributed by atoms with van der Waals surface area (Å²) < 4.78 is 7.51. The van der Waals surface area contributed by atoms with E-state index in [2.05, 4.69) is 46.5 Å². The standard InChI is InChI=1S/C21H22N4OS/c1-3-14-26-20-10-6-18(7-11-20)24-21(27)23-15-17-4-8-19(9-5-17)25-13-12-22-16(25)2/h3-13H,1,14-15H2,2H3,(H2,23,24,27). The van der Waals surface area contributed by atoms with Gasteiger partial charge in [0.2, 0.25) is 0 Å². The highest BCUT2D eigenvalue weighted by molar-refractivity contribution is 7.80. The fourth-order valence-electron chi connectivity index (χ4n) is 2.57. The first-order chi connectivity index (χ1) is 13.2. The van der Waals surface area contributed by atoms with Gasteiger partial charge in [0.15, 0.2) is 5.11 Å². The Bertz CT molecular complexity index is 901. The molecule has 0 radical (unpaired) electrons. The van der Waals surface area contributed by atoms with Crippen LogP contribution in [0.15, 0.2) is 73.6 Å². The molecule has 0 bridgehead atoms. The maximum Gasteiger partial charge on any atom is 0.171 e. The van der Waals surface area contributed by atoms with E-state index in [1.54, 1.807) is 12.3 Å². The molecular formula is C21H22N4OS. The number of nitrogens with zero attached hydrogens (tertiary/aromatic N) is 2. The van der Waals surface area contributed by atoms with Crippen molar-refractivity contribution in [1.29, 1.82) is 0 Å². The van der Waals surface area contributed by atoms with E-state index in [4.69, 9.17) is 17.0 Å². The van der Waals surface area contributed by atoms with Crippen LogP contribution < -0.4 is 15.4 Å². The molecule has 0 saturated carbocycles. The molecule has 3 rings (SSSR count). The number of hydrogen-bond acceptors (Lipinski definition) is 3. The van der Waals surface area contributed by atoms with Crippen molar-refractivity contribution in [2.75, 3.05) is 11.9 Å². The van der Waals surface area contributed by atoms with Crippen molar-refractivity contribution in [2.24, 2.45) is 0 Å². The molecule has 27 heavy (non-hydrogen) atoms. The SMILES string of the molecule is C=CCOc1ccc(NC(=S)NCc2ccc(-n3ccnc3C)cc2)cc1. The Labute approximate surface area is 164 Å². The van der Waals surface area contributed by atoms with E-state index in [9.17, 15) is 0 Å². The van der Waals surface area contributed by atoms with E-state index in [1.165, 1.54) is 0 Å². The number of imidazole rings is 1. The zero-order valence-corrected chi connectivity index (χ0v) is 16.0. The summed E-state index contributed by atoms with van der Waals surface area (Å²) in [6.07, 6.45) is 5.47. The highest BCUT2D eigenvalue weighted by atomic mass is 32.1. The molecule has 0 fully saturated rings. The topological polar surface area (TPSA) is 51.1 Å². The Morgan fingerprint density at radius 3 is 2.56 bits per heavy atom.